The van der Waals surface area contributed by atoms with Crippen molar-refractivity contribution in [1.82, 2.24) is 42.5 Å². The Kier molecular flexibility index (Phi) is 14.6. The van der Waals surface area contributed by atoms with E-state index in [0.717, 1.165) is 6.20 Å². The van der Waals surface area contributed by atoms with Crippen LogP contribution in [0.1, 0.15) is 32.6 Å². The molecular weight excluding hydrogens is 608 g/mol. The monoisotopic (exact) mass is 652 g/mol. The van der Waals surface area contributed by atoms with Crippen LogP contribution < -0.4 is 71.2 Å². The zero-order chi connectivity index (χ0) is 34.4. The summed E-state index contributed by atoms with van der Waals surface area (Å²) in [6.45, 7) is 1.08. The fourth-order valence-electron chi connectivity index (χ4n) is 4.28. The fourth-order valence-corrected chi connectivity index (χ4v) is 4.28. The van der Waals surface area contributed by atoms with Crippen molar-refractivity contribution in [2.75, 3.05) is 26.2 Å². The second kappa shape index (κ2) is 18.1. The first-order chi connectivity index (χ1) is 21.7. The Morgan fingerprint density at radius 3 is 2.41 bits per heavy atom. The highest BCUT2D eigenvalue weighted by atomic mass is 16.2. The number of hydrogen-bond acceptors (Lipinski definition) is 13. The van der Waals surface area contributed by atoms with Gasteiger partial charge in [0.1, 0.15) is 29.9 Å². The van der Waals surface area contributed by atoms with E-state index in [4.69, 9.17) is 28.7 Å². The summed E-state index contributed by atoms with van der Waals surface area (Å²) in [6, 6.07) is -7.79. The number of nitrogens with one attached hydrogen (secondary N) is 8. The van der Waals surface area contributed by atoms with E-state index in [2.05, 4.69) is 47.5 Å². The summed E-state index contributed by atoms with van der Waals surface area (Å²) in [5.74, 6) is -5.04. The van der Waals surface area contributed by atoms with Crippen LogP contribution in [0.3, 0.4) is 0 Å². The van der Waals surface area contributed by atoms with Crippen molar-refractivity contribution in [3.8, 4) is 0 Å². The number of rotatable bonds is 9. The van der Waals surface area contributed by atoms with Crippen LogP contribution >= 0.6 is 0 Å². The molecule has 8 amide bonds. The largest absolute Gasteiger partial charge is 0.370 e. The van der Waals surface area contributed by atoms with E-state index in [1.165, 1.54) is 6.92 Å². The Morgan fingerprint density at radius 2 is 1.76 bits per heavy atom. The van der Waals surface area contributed by atoms with Crippen LogP contribution in [-0.4, -0.2) is 110 Å². The number of urea groups is 1. The number of carbonyl (C=O) groups is 7. The molecule has 2 heterocycles. The molecule has 2 aliphatic heterocycles. The number of nitrogens with zero attached hydrogens (tertiary/aromatic N) is 1. The number of carbonyl (C=O) groups excluding carboxylic acids is 7. The molecule has 21 nitrogen and oxygen atoms in total. The third-order valence-electron chi connectivity index (χ3n) is 6.84. The summed E-state index contributed by atoms with van der Waals surface area (Å²) in [5.41, 5.74) is 27.7. The fraction of sp³-hybridized carbons (Fsp3) is 0.600. The minimum atomic E-state index is -1.52. The van der Waals surface area contributed by atoms with Gasteiger partial charge in [0.05, 0.1) is 6.04 Å². The van der Waals surface area contributed by atoms with Gasteiger partial charge in [0.2, 0.25) is 29.5 Å². The Labute approximate surface area is 264 Å². The van der Waals surface area contributed by atoms with Gasteiger partial charge in [0, 0.05) is 38.3 Å². The molecule has 2 aliphatic rings. The van der Waals surface area contributed by atoms with E-state index in [9.17, 15) is 33.6 Å². The second-order valence-corrected chi connectivity index (χ2v) is 10.7. The summed E-state index contributed by atoms with van der Waals surface area (Å²) < 4.78 is 0. The van der Waals surface area contributed by atoms with E-state index in [-0.39, 0.29) is 31.9 Å². The first-order valence-electron chi connectivity index (χ1n) is 14.5. The van der Waals surface area contributed by atoms with E-state index in [0.29, 0.717) is 19.4 Å². The van der Waals surface area contributed by atoms with Gasteiger partial charge in [0.25, 0.3) is 5.91 Å². The van der Waals surface area contributed by atoms with Gasteiger partial charge in [-0.15, -0.1) is 0 Å². The van der Waals surface area contributed by atoms with Crippen LogP contribution in [0, 0.1) is 0 Å². The molecule has 6 atom stereocenters. The molecule has 21 heteroatoms. The highest BCUT2D eigenvalue weighted by Crippen LogP contribution is 2.07. The van der Waals surface area contributed by atoms with Gasteiger partial charge in [0.15, 0.2) is 5.96 Å². The number of guanidine groups is 1. The van der Waals surface area contributed by atoms with Gasteiger partial charge in [-0.05, 0) is 32.7 Å². The van der Waals surface area contributed by atoms with E-state index in [1.807, 2.05) is 0 Å². The zero-order valence-corrected chi connectivity index (χ0v) is 25.4. The molecule has 1 fully saturated rings. The summed E-state index contributed by atoms with van der Waals surface area (Å²) in [7, 11) is 0. The molecule has 0 aliphatic carbocycles. The normalized spacial score (nSPS) is 26.6. The summed E-state index contributed by atoms with van der Waals surface area (Å²) in [5, 5.41) is 19.4. The van der Waals surface area contributed by atoms with E-state index < -0.39 is 90.0 Å². The maximum atomic E-state index is 13.4. The Morgan fingerprint density at radius 1 is 1.04 bits per heavy atom. The SMILES string of the molecule is C[C@@H]1NC(=O)[C@@H](N)CNC(=O)[C@H]([C@H]2CCN=C(N)N2)NC(=O)/C(=C/NC(N)=O)NC(=O)[C@H](CNC(=O)C[C@H](N)CCCN)NC1=O. The van der Waals surface area contributed by atoms with Gasteiger partial charge in [-0.25, -0.2) is 4.79 Å². The van der Waals surface area contributed by atoms with Crippen LogP contribution in [0.5, 0.6) is 0 Å². The second-order valence-electron chi connectivity index (χ2n) is 10.7. The molecule has 0 bridgehead atoms. The van der Waals surface area contributed by atoms with Crippen molar-refractivity contribution in [2.24, 2.45) is 33.7 Å². The zero-order valence-electron chi connectivity index (χ0n) is 25.4. The van der Waals surface area contributed by atoms with Crippen LogP contribution in [0.4, 0.5) is 4.79 Å². The molecule has 1 saturated heterocycles. The quantitative estimate of drug-likeness (QED) is 0.103. The Balaban J connectivity index is 2.42. The van der Waals surface area contributed by atoms with Crippen LogP contribution in [0.15, 0.2) is 16.9 Å². The lowest BCUT2D eigenvalue weighted by Crippen LogP contribution is -2.63. The van der Waals surface area contributed by atoms with Crippen molar-refractivity contribution in [3.63, 3.8) is 0 Å². The lowest BCUT2D eigenvalue weighted by atomic mass is 10.0. The summed E-state index contributed by atoms with van der Waals surface area (Å²) in [4.78, 5) is 93.7. The van der Waals surface area contributed by atoms with Gasteiger partial charge < -0.3 is 71.2 Å². The molecule has 0 aromatic heterocycles. The number of primary amides is 1. The van der Waals surface area contributed by atoms with E-state index >= 15 is 0 Å². The molecule has 0 aromatic rings. The molecule has 2 rings (SSSR count). The minimum absolute atomic E-state index is 0.0101. The van der Waals surface area contributed by atoms with Crippen molar-refractivity contribution in [1.29, 1.82) is 0 Å². The van der Waals surface area contributed by atoms with Crippen LogP contribution in [0.2, 0.25) is 0 Å². The van der Waals surface area contributed by atoms with Crippen molar-refractivity contribution in [2.45, 2.75) is 68.9 Å². The summed E-state index contributed by atoms with van der Waals surface area (Å²) in [6.07, 6.45) is 2.01. The van der Waals surface area contributed by atoms with Crippen LogP contribution in [0.25, 0.3) is 0 Å². The third-order valence-corrected chi connectivity index (χ3v) is 6.84. The van der Waals surface area contributed by atoms with Gasteiger partial charge in [-0.3, -0.25) is 33.8 Å². The van der Waals surface area contributed by atoms with Gasteiger partial charge in [-0.1, -0.05) is 0 Å². The number of aliphatic imine (C=N–C) groups is 1. The first-order valence-corrected chi connectivity index (χ1v) is 14.5. The molecule has 0 spiro atoms. The van der Waals surface area contributed by atoms with E-state index in [1.54, 1.807) is 0 Å². The standard InChI is InChI=1S/C25H44N14O7/c1-11-19(41)36-15(9-32-17(40)7-12(27)3-2-5-26)21(43)37-16(10-34-25(30)46)22(44)39-18(14-4-6-31-24(29)38-14)23(45)33-8-13(28)20(42)35-11/h10-15,18H,2-9,26-28H2,1H3,(H,32,40)(H,33,45)(H,35,42)(H,36,41)(H,37,43)(H,39,44)(H3,29,31,38)(H3,30,34,46)/b16-10-/t11-,12+,13-,14+,15-,18-/m0/s1. The molecule has 256 valence electrons. The maximum Gasteiger partial charge on any atom is 0.316 e. The Hall–Kier alpha value is -5.02. The lowest BCUT2D eigenvalue weighted by molar-refractivity contribution is -0.133. The number of hydrogen-bond donors (Lipinski definition) is 13. The van der Waals surface area contributed by atoms with Crippen molar-refractivity contribution >= 4 is 47.4 Å². The van der Waals surface area contributed by atoms with Crippen molar-refractivity contribution in [3.05, 3.63) is 11.9 Å². The summed E-state index contributed by atoms with van der Waals surface area (Å²) >= 11 is 0. The number of nitrogens with two attached hydrogens (primary N) is 5. The van der Waals surface area contributed by atoms with Crippen LogP contribution in [-0.2, 0) is 28.8 Å². The molecule has 0 radical (unpaired) electrons. The molecule has 46 heavy (non-hydrogen) atoms. The molecular formula is C25H44N14O7. The van der Waals surface area contributed by atoms with Gasteiger partial charge >= 0.3 is 6.03 Å². The molecule has 0 unspecified atom stereocenters. The Bertz CT molecular complexity index is 1230. The number of amides is 8. The van der Waals surface area contributed by atoms with Crippen molar-refractivity contribution < 1.29 is 33.6 Å². The predicted molar refractivity (Wildman–Crippen MR) is 163 cm³/mol. The maximum absolute atomic E-state index is 13.4. The smallest absolute Gasteiger partial charge is 0.316 e. The molecule has 0 saturated carbocycles. The highest BCUT2D eigenvalue weighted by molar-refractivity contribution is 6.02. The average Bonchev–Trinajstić information content (AvgIpc) is 3.00. The molecule has 18 N–H and O–H groups in total. The predicted octanol–water partition coefficient (Wildman–Crippen LogP) is -7.21. The third kappa shape index (κ3) is 12.2. The topological polar surface area (TPSA) is 358 Å². The average molecular weight is 653 g/mol. The van der Waals surface area contributed by atoms with Gasteiger partial charge in [-0.2, -0.15) is 0 Å². The first kappa shape index (κ1) is 37.2. The molecule has 0 aromatic carbocycles. The highest BCUT2D eigenvalue weighted by Gasteiger charge is 2.34. The minimum Gasteiger partial charge on any atom is -0.370 e. The lowest BCUT2D eigenvalue weighted by Gasteiger charge is -2.31.